The van der Waals surface area contributed by atoms with Crippen LogP contribution in [-0.2, 0) is 11.2 Å². The van der Waals surface area contributed by atoms with Crippen molar-refractivity contribution in [3.05, 3.63) is 50.4 Å². The third-order valence-corrected chi connectivity index (χ3v) is 4.00. The Morgan fingerprint density at radius 1 is 1.44 bits per heavy atom. The molecule has 0 fully saturated rings. The number of halogens is 1. The molecule has 1 aromatic carbocycles. The van der Waals surface area contributed by atoms with Crippen LogP contribution >= 0.6 is 27.3 Å². The zero-order valence-electron chi connectivity index (χ0n) is 9.76. The Balaban J connectivity index is 2.23. The van der Waals surface area contributed by atoms with E-state index in [0.717, 1.165) is 20.7 Å². The average molecular weight is 326 g/mol. The molecule has 0 saturated carbocycles. The van der Waals surface area contributed by atoms with Gasteiger partial charge >= 0.3 is 5.97 Å². The molecule has 2 rings (SSSR count). The lowest BCUT2D eigenvalue weighted by atomic mass is 9.95. The third kappa shape index (κ3) is 3.17. The Morgan fingerprint density at radius 2 is 2.11 bits per heavy atom. The summed E-state index contributed by atoms with van der Waals surface area (Å²) < 4.78 is 0.944. The Kier molecular flexibility index (Phi) is 4.14. The maximum absolute atomic E-state index is 11.4. The molecule has 3 nitrogen and oxygen atoms in total. The highest BCUT2D eigenvalue weighted by molar-refractivity contribution is 9.10. The first-order valence-electron chi connectivity index (χ1n) is 5.45. The topological polar surface area (TPSA) is 50.2 Å². The Bertz CT molecular complexity index is 550. The molecule has 18 heavy (non-hydrogen) atoms. The van der Waals surface area contributed by atoms with Crippen LogP contribution in [0.2, 0.25) is 0 Å². The van der Waals surface area contributed by atoms with Gasteiger partial charge in [0, 0.05) is 16.3 Å². The predicted molar refractivity (Wildman–Crippen MR) is 75.1 cm³/mol. The third-order valence-electron chi connectivity index (χ3n) is 2.65. The molecule has 0 saturated heterocycles. The summed E-state index contributed by atoms with van der Waals surface area (Å²) >= 11 is 4.89. The summed E-state index contributed by atoms with van der Waals surface area (Å²) in [7, 11) is 0. The summed E-state index contributed by atoms with van der Waals surface area (Å²) in [6, 6.07) is 7.39. The van der Waals surface area contributed by atoms with Gasteiger partial charge in [-0.3, -0.25) is 4.79 Å². The van der Waals surface area contributed by atoms with E-state index in [-0.39, 0.29) is 0 Å². The Hall–Kier alpha value is -1.20. The predicted octanol–water partition coefficient (Wildman–Crippen LogP) is 3.62. The summed E-state index contributed by atoms with van der Waals surface area (Å²) in [6.07, 6.45) is 0.432. The van der Waals surface area contributed by atoms with Crippen molar-refractivity contribution in [2.75, 3.05) is 0 Å². The van der Waals surface area contributed by atoms with Gasteiger partial charge in [0.1, 0.15) is 0 Å². The molecule has 0 aliphatic heterocycles. The molecule has 2 aromatic rings. The van der Waals surface area contributed by atoms with Crippen LogP contribution in [0.5, 0.6) is 0 Å². The number of aliphatic carboxylic acids is 1. The summed E-state index contributed by atoms with van der Waals surface area (Å²) in [4.78, 5) is 15.7. The molecule has 0 radical (unpaired) electrons. The molecule has 1 heterocycles. The fraction of sp³-hybridized carbons (Fsp3) is 0.231. The van der Waals surface area contributed by atoms with E-state index in [1.54, 1.807) is 11.3 Å². The van der Waals surface area contributed by atoms with Crippen LogP contribution in [0, 0.1) is 6.92 Å². The molecule has 1 N–H and O–H groups in total. The van der Waals surface area contributed by atoms with Crippen LogP contribution in [-0.4, -0.2) is 16.1 Å². The Morgan fingerprint density at radius 3 is 2.61 bits per heavy atom. The number of aromatic nitrogens is 1. The minimum atomic E-state index is -0.817. The lowest BCUT2D eigenvalue weighted by Gasteiger charge is -2.11. The zero-order chi connectivity index (χ0) is 13.1. The van der Waals surface area contributed by atoms with Crippen molar-refractivity contribution in [3.8, 4) is 0 Å². The van der Waals surface area contributed by atoms with Gasteiger partial charge in [-0.2, -0.15) is 0 Å². The van der Waals surface area contributed by atoms with Crippen molar-refractivity contribution >= 4 is 33.2 Å². The van der Waals surface area contributed by atoms with Gasteiger partial charge in [-0.05, 0) is 24.6 Å². The maximum Gasteiger partial charge on any atom is 0.311 e. The molecule has 0 bridgehead atoms. The maximum atomic E-state index is 11.4. The Labute approximate surface area is 118 Å². The van der Waals surface area contributed by atoms with Crippen molar-refractivity contribution in [3.63, 3.8) is 0 Å². The van der Waals surface area contributed by atoms with Gasteiger partial charge in [0.05, 0.1) is 16.6 Å². The number of thiazole rings is 1. The van der Waals surface area contributed by atoms with E-state index >= 15 is 0 Å². The zero-order valence-corrected chi connectivity index (χ0v) is 12.2. The summed E-state index contributed by atoms with van der Waals surface area (Å²) in [5, 5.41) is 12.2. The minimum absolute atomic E-state index is 0.432. The summed E-state index contributed by atoms with van der Waals surface area (Å²) in [5.74, 6) is -1.36. The van der Waals surface area contributed by atoms with E-state index in [0.29, 0.717) is 6.42 Å². The number of rotatable bonds is 4. The number of hydrogen-bond donors (Lipinski definition) is 1. The quantitative estimate of drug-likeness (QED) is 0.933. The van der Waals surface area contributed by atoms with E-state index in [2.05, 4.69) is 20.9 Å². The van der Waals surface area contributed by atoms with Crippen LogP contribution in [0.25, 0.3) is 0 Å². The first-order valence-corrected chi connectivity index (χ1v) is 7.13. The van der Waals surface area contributed by atoms with Gasteiger partial charge in [0.15, 0.2) is 0 Å². The van der Waals surface area contributed by atoms with Crippen molar-refractivity contribution in [2.45, 2.75) is 19.3 Å². The molecule has 5 heteroatoms. The van der Waals surface area contributed by atoms with Crippen LogP contribution in [0.4, 0.5) is 0 Å². The molecule has 0 spiro atoms. The number of carboxylic acid groups (broad SMARTS) is 1. The minimum Gasteiger partial charge on any atom is -0.481 e. The first-order chi connectivity index (χ1) is 8.56. The molecule has 1 unspecified atom stereocenters. The average Bonchev–Trinajstić information content (AvgIpc) is 2.73. The fourth-order valence-corrected chi connectivity index (χ4v) is 2.64. The smallest absolute Gasteiger partial charge is 0.311 e. The molecule has 94 valence electrons. The van der Waals surface area contributed by atoms with Crippen molar-refractivity contribution in [1.82, 2.24) is 4.98 Å². The number of aryl methyl sites for hydroxylation is 1. The number of hydrogen-bond acceptors (Lipinski definition) is 3. The standard InChI is InChI=1S/C13H12BrNO2S/c1-8-15-11(7-18-8)6-12(13(16)17)9-2-4-10(14)5-3-9/h2-5,7,12H,6H2,1H3,(H,16,17). The molecular formula is C13H12BrNO2S. The molecule has 0 amide bonds. The lowest BCUT2D eigenvalue weighted by molar-refractivity contribution is -0.138. The van der Waals surface area contributed by atoms with E-state index in [9.17, 15) is 9.90 Å². The van der Waals surface area contributed by atoms with E-state index in [4.69, 9.17) is 0 Å². The second-order valence-corrected chi connectivity index (χ2v) is 5.98. The molecule has 1 aromatic heterocycles. The fourth-order valence-electron chi connectivity index (χ4n) is 1.75. The van der Waals surface area contributed by atoms with Crippen LogP contribution < -0.4 is 0 Å². The molecule has 1 atom stereocenters. The van der Waals surface area contributed by atoms with Crippen LogP contribution in [0.1, 0.15) is 22.2 Å². The number of benzene rings is 1. The van der Waals surface area contributed by atoms with Gasteiger partial charge in [0.2, 0.25) is 0 Å². The summed E-state index contributed by atoms with van der Waals surface area (Å²) in [5.41, 5.74) is 1.64. The second-order valence-electron chi connectivity index (χ2n) is 4.00. The highest BCUT2D eigenvalue weighted by atomic mass is 79.9. The SMILES string of the molecule is Cc1nc(CC(C(=O)O)c2ccc(Br)cc2)cs1. The highest BCUT2D eigenvalue weighted by Gasteiger charge is 2.21. The second kappa shape index (κ2) is 5.63. The first kappa shape index (κ1) is 13.2. The van der Waals surface area contributed by atoms with Crippen LogP contribution in [0.15, 0.2) is 34.1 Å². The van der Waals surface area contributed by atoms with Gasteiger partial charge in [-0.1, -0.05) is 28.1 Å². The molecule has 0 aliphatic rings. The molecular weight excluding hydrogens is 314 g/mol. The number of carboxylic acids is 1. The number of nitrogens with zero attached hydrogens (tertiary/aromatic N) is 1. The van der Waals surface area contributed by atoms with Crippen LogP contribution in [0.3, 0.4) is 0 Å². The largest absolute Gasteiger partial charge is 0.481 e. The summed E-state index contributed by atoms with van der Waals surface area (Å²) in [6.45, 7) is 1.92. The van der Waals surface area contributed by atoms with Crippen molar-refractivity contribution < 1.29 is 9.90 Å². The van der Waals surface area contributed by atoms with E-state index in [1.807, 2.05) is 36.6 Å². The number of carbonyl (C=O) groups is 1. The monoisotopic (exact) mass is 325 g/mol. The van der Waals surface area contributed by atoms with Crippen molar-refractivity contribution in [2.24, 2.45) is 0 Å². The van der Waals surface area contributed by atoms with Gasteiger partial charge < -0.3 is 5.11 Å². The van der Waals surface area contributed by atoms with Crippen molar-refractivity contribution in [1.29, 1.82) is 0 Å². The molecule has 0 aliphatic carbocycles. The van der Waals surface area contributed by atoms with E-state index in [1.165, 1.54) is 0 Å². The highest BCUT2D eigenvalue weighted by Crippen LogP contribution is 2.24. The lowest BCUT2D eigenvalue weighted by Crippen LogP contribution is -2.14. The van der Waals surface area contributed by atoms with Gasteiger partial charge in [-0.15, -0.1) is 11.3 Å². The van der Waals surface area contributed by atoms with Gasteiger partial charge in [0.25, 0.3) is 0 Å². The normalized spacial score (nSPS) is 12.3. The van der Waals surface area contributed by atoms with Gasteiger partial charge in [-0.25, -0.2) is 4.98 Å². The van der Waals surface area contributed by atoms with E-state index < -0.39 is 11.9 Å².